The molecule has 0 amide bonds. The third-order valence-electron chi connectivity index (χ3n) is 6.64. The molecule has 0 saturated heterocycles. The molecule has 1 heterocycles. The van der Waals surface area contributed by atoms with Crippen LogP contribution in [0.3, 0.4) is 0 Å². The second-order valence-corrected chi connectivity index (χ2v) is 9.74. The van der Waals surface area contributed by atoms with Crippen molar-refractivity contribution < 1.29 is 0 Å². The van der Waals surface area contributed by atoms with Gasteiger partial charge in [0.1, 0.15) is 0 Å². The van der Waals surface area contributed by atoms with Gasteiger partial charge in [-0.05, 0) is 31.1 Å². The lowest BCUT2D eigenvalue weighted by Crippen LogP contribution is -1.84. The Bertz CT molecular complexity index is 459. The van der Waals surface area contributed by atoms with Crippen LogP contribution < -0.4 is 0 Å². The monoisotopic (exact) mass is 429 g/mol. The van der Waals surface area contributed by atoms with Gasteiger partial charge in [0.05, 0.1) is 0 Å². The summed E-state index contributed by atoms with van der Waals surface area (Å²) >= 11 is 0. The maximum Gasteiger partial charge on any atom is 0.0377 e. The molecule has 0 unspecified atom stereocenters. The van der Waals surface area contributed by atoms with E-state index in [4.69, 9.17) is 0 Å². The molecule has 1 aromatic heterocycles. The zero-order valence-corrected chi connectivity index (χ0v) is 21.2. The SMILES string of the molecule is CCCCCCCCCCCCCCCCCCCCCCCC/C=C/c1ccc[nH]1. The van der Waals surface area contributed by atoms with Crippen LogP contribution in [-0.2, 0) is 0 Å². The molecule has 0 spiro atoms. The molecule has 0 aliphatic heterocycles. The topological polar surface area (TPSA) is 15.8 Å². The summed E-state index contributed by atoms with van der Waals surface area (Å²) in [5.74, 6) is 0. The molecule has 1 heteroatoms. The van der Waals surface area contributed by atoms with Gasteiger partial charge >= 0.3 is 0 Å². The van der Waals surface area contributed by atoms with Crippen molar-refractivity contribution >= 4 is 6.08 Å². The van der Waals surface area contributed by atoms with Gasteiger partial charge in [-0.25, -0.2) is 0 Å². The van der Waals surface area contributed by atoms with E-state index in [1.807, 2.05) is 6.20 Å². The number of hydrogen-bond donors (Lipinski definition) is 1. The Morgan fingerprint density at radius 3 is 1.29 bits per heavy atom. The summed E-state index contributed by atoms with van der Waals surface area (Å²) in [5.41, 5.74) is 1.22. The molecule has 0 radical (unpaired) electrons. The molecule has 0 fully saturated rings. The summed E-state index contributed by atoms with van der Waals surface area (Å²) in [6.45, 7) is 2.30. The lowest BCUT2D eigenvalue weighted by molar-refractivity contribution is 0.519. The van der Waals surface area contributed by atoms with Crippen molar-refractivity contribution in [3.8, 4) is 0 Å². The summed E-state index contributed by atoms with van der Waals surface area (Å²) in [6.07, 6.45) is 39.8. The Morgan fingerprint density at radius 1 is 0.548 bits per heavy atom. The summed E-state index contributed by atoms with van der Waals surface area (Å²) in [5, 5.41) is 0. The van der Waals surface area contributed by atoms with Gasteiger partial charge < -0.3 is 4.98 Å². The van der Waals surface area contributed by atoms with Gasteiger partial charge in [-0.3, -0.25) is 0 Å². The minimum Gasteiger partial charge on any atom is -0.362 e. The highest BCUT2D eigenvalue weighted by Crippen LogP contribution is 2.15. The molecular formula is C30H55N. The highest BCUT2D eigenvalue weighted by atomic mass is 14.7. The van der Waals surface area contributed by atoms with E-state index < -0.39 is 0 Å². The van der Waals surface area contributed by atoms with Gasteiger partial charge in [0, 0.05) is 11.9 Å². The Balaban J connectivity index is 1.65. The van der Waals surface area contributed by atoms with Crippen LogP contribution in [0.1, 0.15) is 160 Å². The fourth-order valence-corrected chi connectivity index (χ4v) is 4.53. The first kappa shape index (κ1) is 28.1. The number of H-pyrrole nitrogens is 1. The zero-order chi connectivity index (χ0) is 22.1. The van der Waals surface area contributed by atoms with Gasteiger partial charge in [-0.15, -0.1) is 0 Å². The molecule has 0 aliphatic carbocycles. The number of nitrogens with one attached hydrogen (secondary N) is 1. The Kier molecular flexibility index (Phi) is 21.4. The number of rotatable bonds is 24. The van der Waals surface area contributed by atoms with Gasteiger partial charge in [0.25, 0.3) is 0 Å². The number of hydrogen-bond acceptors (Lipinski definition) is 0. The Hall–Kier alpha value is -0.980. The molecule has 0 saturated carbocycles. The van der Waals surface area contributed by atoms with Gasteiger partial charge in [-0.1, -0.05) is 148 Å². The van der Waals surface area contributed by atoms with Crippen LogP contribution in [0, 0.1) is 0 Å². The van der Waals surface area contributed by atoms with Gasteiger partial charge in [-0.2, -0.15) is 0 Å². The van der Waals surface area contributed by atoms with Crippen LogP contribution in [0.2, 0.25) is 0 Å². The number of allylic oxidation sites excluding steroid dienone is 1. The first-order valence-corrected chi connectivity index (χ1v) is 14.2. The average Bonchev–Trinajstić information content (AvgIpc) is 3.30. The van der Waals surface area contributed by atoms with Crippen LogP contribution in [0.25, 0.3) is 6.08 Å². The predicted octanol–water partition coefficient (Wildman–Crippen LogP) is 11.0. The predicted molar refractivity (Wildman–Crippen MR) is 142 cm³/mol. The van der Waals surface area contributed by atoms with Crippen molar-refractivity contribution in [3.05, 3.63) is 30.1 Å². The van der Waals surface area contributed by atoms with Crippen LogP contribution in [-0.4, -0.2) is 4.98 Å². The second-order valence-electron chi connectivity index (χ2n) is 9.74. The fourth-order valence-electron chi connectivity index (χ4n) is 4.53. The first-order chi connectivity index (χ1) is 15.4. The first-order valence-electron chi connectivity index (χ1n) is 14.2. The number of unbranched alkanes of at least 4 members (excludes halogenated alkanes) is 22. The smallest absolute Gasteiger partial charge is 0.0377 e. The molecule has 0 aromatic carbocycles. The molecule has 0 bridgehead atoms. The molecular weight excluding hydrogens is 374 g/mol. The highest BCUT2D eigenvalue weighted by molar-refractivity contribution is 5.43. The Labute approximate surface area is 195 Å². The quantitative estimate of drug-likeness (QED) is 0.157. The molecule has 1 rings (SSSR count). The van der Waals surface area contributed by atoms with Crippen LogP contribution in [0.4, 0.5) is 0 Å². The number of aromatic nitrogens is 1. The third-order valence-corrected chi connectivity index (χ3v) is 6.64. The molecule has 1 N–H and O–H groups in total. The van der Waals surface area contributed by atoms with Crippen molar-refractivity contribution in [3.63, 3.8) is 0 Å². The van der Waals surface area contributed by atoms with Crippen molar-refractivity contribution in [2.24, 2.45) is 0 Å². The van der Waals surface area contributed by atoms with Crippen molar-refractivity contribution in [2.45, 2.75) is 155 Å². The van der Waals surface area contributed by atoms with Crippen LogP contribution >= 0.6 is 0 Å². The molecule has 180 valence electrons. The van der Waals surface area contributed by atoms with E-state index >= 15 is 0 Å². The number of aromatic amines is 1. The van der Waals surface area contributed by atoms with E-state index in [0.717, 1.165) is 0 Å². The molecule has 0 atom stereocenters. The summed E-state index contributed by atoms with van der Waals surface area (Å²) < 4.78 is 0. The summed E-state index contributed by atoms with van der Waals surface area (Å²) in [7, 11) is 0. The van der Waals surface area contributed by atoms with E-state index in [2.05, 4.69) is 36.2 Å². The van der Waals surface area contributed by atoms with E-state index in [9.17, 15) is 0 Å². The lowest BCUT2D eigenvalue weighted by Gasteiger charge is -2.04. The van der Waals surface area contributed by atoms with E-state index in [-0.39, 0.29) is 0 Å². The van der Waals surface area contributed by atoms with Gasteiger partial charge in [0.15, 0.2) is 0 Å². The maximum atomic E-state index is 3.22. The molecule has 1 nitrogen and oxygen atoms in total. The van der Waals surface area contributed by atoms with Gasteiger partial charge in [0.2, 0.25) is 0 Å². The highest BCUT2D eigenvalue weighted by Gasteiger charge is 1.95. The van der Waals surface area contributed by atoms with Crippen LogP contribution in [0.5, 0.6) is 0 Å². The Morgan fingerprint density at radius 2 is 0.935 bits per heavy atom. The van der Waals surface area contributed by atoms with Crippen molar-refractivity contribution in [2.75, 3.05) is 0 Å². The van der Waals surface area contributed by atoms with Crippen molar-refractivity contribution in [1.29, 1.82) is 0 Å². The summed E-state index contributed by atoms with van der Waals surface area (Å²) in [4.78, 5) is 3.22. The average molecular weight is 430 g/mol. The molecule has 0 aliphatic rings. The third kappa shape index (κ3) is 20.7. The minimum absolute atomic E-state index is 1.22. The second kappa shape index (κ2) is 23.7. The normalized spacial score (nSPS) is 11.6. The van der Waals surface area contributed by atoms with Crippen LogP contribution in [0.15, 0.2) is 24.4 Å². The molecule has 1 aromatic rings. The lowest BCUT2D eigenvalue weighted by atomic mass is 10.0. The zero-order valence-electron chi connectivity index (χ0n) is 21.2. The van der Waals surface area contributed by atoms with Crippen molar-refractivity contribution in [1.82, 2.24) is 4.98 Å². The largest absolute Gasteiger partial charge is 0.362 e. The summed E-state index contributed by atoms with van der Waals surface area (Å²) in [6, 6.07) is 4.17. The minimum atomic E-state index is 1.22. The molecule has 31 heavy (non-hydrogen) atoms. The standard InChI is InChI=1S/C30H55N/c1-2-3-4-5-6-7-8-9-10-11-12-13-14-15-16-17-18-19-20-21-22-23-24-25-27-30-28-26-29-31-30/h25-29,31H,2-24H2,1H3/b27-25+. The fraction of sp³-hybridized carbons (Fsp3) is 0.800. The van der Waals surface area contributed by atoms with E-state index in [1.165, 1.54) is 153 Å². The maximum absolute atomic E-state index is 3.22. The van der Waals surface area contributed by atoms with E-state index in [1.54, 1.807) is 0 Å². The van der Waals surface area contributed by atoms with E-state index in [0.29, 0.717) is 0 Å².